The number of aromatic hydroxyl groups is 1. The molecule has 2 aromatic carbocycles. The smallest absolute Gasteiger partial charge is 0.126 e. The summed E-state index contributed by atoms with van der Waals surface area (Å²) in [5.74, 6) is 1.46. The minimum atomic E-state index is 0. The molecule has 0 saturated heterocycles. The van der Waals surface area contributed by atoms with Crippen LogP contribution >= 0.6 is 12.4 Å². The van der Waals surface area contributed by atoms with Crippen molar-refractivity contribution in [2.24, 2.45) is 4.36 Å². The van der Waals surface area contributed by atoms with Gasteiger partial charge in [0.15, 0.2) is 0 Å². The minimum absolute atomic E-state index is 0. The third-order valence-corrected chi connectivity index (χ3v) is 6.61. The largest absolute Gasteiger partial charge is 0.507 e. The van der Waals surface area contributed by atoms with Crippen molar-refractivity contribution < 1.29 is 5.11 Å². The zero-order valence-electron chi connectivity index (χ0n) is 12.7. The van der Waals surface area contributed by atoms with Crippen molar-refractivity contribution in [3.05, 3.63) is 41.0 Å². The quantitative estimate of drug-likeness (QED) is 0.823. The van der Waals surface area contributed by atoms with E-state index in [0.717, 1.165) is 29.7 Å². The van der Waals surface area contributed by atoms with Crippen molar-refractivity contribution in [1.29, 1.82) is 0 Å². The van der Waals surface area contributed by atoms with Crippen LogP contribution in [0.15, 0.2) is 28.6 Å². The summed E-state index contributed by atoms with van der Waals surface area (Å²) in [6, 6.07) is 8.24. The lowest BCUT2D eigenvalue weighted by atomic mass is 9.92. The number of nitrogens with zero attached hydrogens (tertiary/aromatic N) is 1. The third kappa shape index (κ3) is 2.47. The van der Waals surface area contributed by atoms with Crippen LogP contribution in [0.1, 0.15) is 42.2 Å². The fourth-order valence-electron chi connectivity index (χ4n) is 3.27. The molecule has 1 N–H and O–H groups in total. The highest BCUT2D eigenvalue weighted by Crippen LogP contribution is 2.46. The van der Waals surface area contributed by atoms with E-state index >= 15 is 0 Å². The van der Waals surface area contributed by atoms with Gasteiger partial charge in [-0.2, -0.15) is 0 Å². The molecule has 4 heteroatoms. The highest BCUT2D eigenvalue weighted by atomic mass is 35.5. The molecular formula is C17H22ClNOS. The van der Waals surface area contributed by atoms with E-state index in [4.69, 9.17) is 4.36 Å². The Kier molecular flexibility index (Phi) is 4.95. The average Bonchev–Trinajstić information content (AvgIpc) is 2.84. The number of rotatable bonds is 2. The number of hydrogen-bond acceptors (Lipinski definition) is 2. The molecule has 0 spiro atoms. The Balaban J connectivity index is 0.00000161. The van der Waals surface area contributed by atoms with Gasteiger partial charge in [0.2, 0.25) is 0 Å². The Morgan fingerprint density at radius 3 is 2.52 bits per heavy atom. The van der Waals surface area contributed by atoms with E-state index in [1.54, 1.807) is 0 Å². The van der Waals surface area contributed by atoms with Gasteiger partial charge in [0.1, 0.15) is 5.75 Å². The van der Waals surface area contributed by atoms with Gasteiger partial charge in [-0.3, -0.25) is 4.36 Å². The SMILES string of the molecule is CCN=S1Cc2c(C)c(O)c3ccccc3c2C1CC.Cl. The number of halogens is 1. The number of hydrogen-bond donors (Lipinski definition) is 1. The van der Waals surface area contributed by atoms with Gasteiger partial charge in [0.25, 0.3) is 0 Å². The zero-order chi connectivity index (χ0) is 14.3. The highest BCUT2D eigenvalue weighted by Gasteiger charge is 2.31. The Morgan fingerprint density at radius 2 is 1.90 bits per heavy atom. The van der Waals surface area contributed by atoms with Crippen molar-refractivity contribution in [2.75, 3.05) is 6.54 Å². The molecule has 0 aliphatic carbocycles. The van der Waals surface area contributed by atoms with E-state index in [1.165, 1.54) is 16.5 Å². The van der Waals surface area contributed by atoms with Crippen molar-refractivity contribution >= 4 is 33.9 Å². The number of fused-ring (bicyclic) bond motifs is 3. The van der Waals surface area contributed by atoms with Crippen molar-refractivity contribution in [1.82, 2.24) is 0 Å². The van der Waals surface area contributed by atoms with Crippen LogP contribution in [0.2, 0.25) is 0 Å². The number of benzene rings is 2. The molecule has 3 rings (SSSR count). The van der Waals surface area contributed by atoms with Gasteiger partial charge in [0, 0.05) is 22.9 Å². The first-order valence-corrected chi connectivity index (χ1v) is 8.70. The maximum atomic E-state index is 10.5. The molecule has 2 nitrogen and oxygen atoms in total. The molecule has 1 aliphatic heterocycles. The molecule has 0 amide bonds. The fourth-order valence-corrected chi connectivity index (χ4v) is 5.67. The highest BCUT2D eigenvalue weighted by molar-refractivity contribution is 7.87. The van der Waals surface area contributed by atoms with Crippen molar-refractivity contribution in [3.63, 3.8) is 0 Å². The van der Waals surface area contributed by atoms with Crippen LogP contribution in [0.25, 0.3) is 10.8 Å². The van der Waals surface area contributed by atoms with Gasteiger partial charge in [-0.05, 0) is 42.3 Å². The van der Waals surface area contributed by atoms with Gasteiger partial charge < -0.3 is 5.11 Å². The Morgan fingerprint density at radius 1 is 1.24 bits per heavy atom. The molecule has 2 atom stereocenters. The average molecular weight is 324 g/mol. The molecule has 0 radical (unpaired) electrons. The summed E-state index contributed by atoms with van der Waals surface area (Å²) in [4.78, 5) is 0. The molecule has 0 aromatic heterocycles. The molecule has 2 aromatic rings. The Bertz CT molecular complexity index is 711. The molecule has 1 heterocycles. The normalized spacial score (nSPS) is 20.5. The second-order valence-electron chi connectivity index (χ2n) is 5.30. The first-order valence-electron chi connectivity index (χ1n) is 7.29. The lowest BCUT2D eigenvalue weighted by Crippen LogP contribution is -1.99. The molecule has 114 valence electrons. The second-order valence-corrected chi connectivity index (χ2v) is 7.22. The summed E-state index contributed by atoms with van der Waals surface area (Å²) in [5, 5.41) is 13.2. The summed E-state index contributed by atoms with van der Waals surface area (Å²) in [6.45, 7) is 7.30. The molecule has 21 heavy (non-hydrogen) atoms. The summed E-state index contributed by atoms with van der Waals surface area (Å²) < 4.78 is 4.81. The minimum Gasteiger partial charge on any atom is -0.507 e. The van der Waals surface area contributed by atoms with E-state index in [9.17, 15) is 5.11 Å². The van der Waals surface area contributed by atoms with Crippen LogP contribution in [-0.2, 0) is 16.4 Å². The lowest BCUT2D eigenvalue weighted by molar-refractivity contribution is 0.477. The zero-order valence-corrected chi connectivity index (χ0v) is 14.4. The standard InChI is InChI=1S/C17H21NOS.ClH/c1-4-15-16-12-8-6-7-9-13(12)17(19)11(3)14(16)10-20(15)18-5-2;/h6-9,15,19H,4-5,10H2,1-3H3;1H. The van der Waals surface area contributed by atoms with Crippen molar-refractivity contribution in [3.8, 4) is 5.75 Å². The van der Waals surface area contributed by atoms with Crippen LogP contribution in [-0.4, -0.2) is 11.7 Å². The summed E-state index contributed by atoms with van der Waals surface area (Å²) >= 11 is 0. The molecule has 0 fully saturated rings. The maximum Gasteiger partial charge on any atom is 0.126 e. The number of phenols is 1. The van der Waals surface area contributed by atoms with E-state index in [2.05, 4.69) is 26.0 Å². The van der Waals surface area contributed by atoms with Gasteiger partial charge in [-0.15, -0.1) is 12.4 Å². The van der Waals surface area contributed by atoms with Gasteiger partial charge in [-0.1, -0.05) is 41.9 Å². The second kappa shape index (κ2) is 6.37. The summed E-state index contributed by atoms with van der Waals surface area (Å²) in [6.07, 6.45) is 1.12. The van der Waals surface area contributed by atoms with Gasteiger partial charge >= 0.3 is 0 Å². The molecular weight excluding hydrogens is 302 g/mol. The maximum absolute atomic E-state index is 10.5. The van der Waals surface area contributed by atoms with Gasteiger partial charge in [0.05, 0.1) is 0 Å². The van der Waals surface area contributed by atoms with Crippen molar-refractivity contribution in [2.45, 2.75) is 38.2 Å². The van der Waals surface area contributed by atoms with E-state index in [-0.39, 0.29) is 23.1 Å². The van der Waals surface area contributed by atoms with Gasteiger partial charge in [-0.25, -0.2) is 0 Å². The third-order valence-electron chi connectivity index (χ3n) is 4.21. The fraction of sp³-hybridized carbons (Fsp3) is 0.412. The summed E-state index contributed by atoms with van der Waals surface area (Å²) in [7, 11) is 0.0777. The van der Waals surface area contributed by atoms with Crippen LogP contribution < -0.4 is 0 Å². The molecule has 2 unspecified atom stereocenters. The lowest BCUT2D eigenvalue weighted by Gasteiger charge is -2.15. The molecule has 0 bridgehead atoms. The Hall–Kier alpha value is -1.06. The Labute approximate surface area is 135 Å². The molecule has 0 saturated carbocycles. The van der Waals surface area contributed by atoms with E-state index in [1.807, 2.05) is 19.1 Å². The van der Waals surface area contributed by atoms with Crippen LogP contribution in [0, 0.1) is 6.92 Å². The van der Waals surface area contributed by atoms with E-state index in [0.29, 0.717) is 11.0 Å². The monoisotopic (exact) mass is 323 g/mol. The van der Waals surface area contributed by atoms with Crippen LogP contribution in [0.5, 0.6) is 5.75 Å². The number of phenolic OH excluding ortho intramolecular Hbond substituents is 1. The topological polar surface area (TPSA) is 32.6 Å². The van der Waals surface area contributed by atoms with Crippen LogP contribution in [0.4, 0.5) is 0 Å². The first kappa shape index (κ1) is 16.3. The first-order chi connectivity index (χ1) is 9.69. The van der Waals surface area contributed by atoms with E-state index < -0.39 is 0 Å². The predicted octanol–water partition coefficient (Wildman–Crippen LogP) is 5.06. The van der Waals surface area contributed by atoms with Crippen LogP contribution in [0.3, 0.4) is 0 Å². The molecule has 1 aliphatic rings. The predicted molar refractivity (Wildman–Crippen MR) is 94.7 cm³/mol. The summed E-state index contributed by atoms with van der Waals surface area (Å²) in [5.41, 5.74) is 3.84.